The number of hydrogen-bond donors (Lipinski definition) is 3. The molecule has 4 N–H and O–H groups in total. The fourth-order valence-corrected chi connectivity index (χ4v) is 3.15. The average Bonchev–Trinajstić information content (AvgIpc) is 2.58. The third-order valence-electron chi connectivity index (χ3n) is 4.18. The van der Waals surface area contributed by atoms with E-state index in [-0.39, 0.29) is 4.90 Å². The lowest BCUT2D eigenvalue weighted by Gasteiger charge is -2.12. The minimum absolute atomic E-state index is 0.139. The summed E-state index contributed by atoms with van der Waals surface area (Å²) in [6, 6.07) is 6.65. The van der Waals surface area contributed by atoms with Crippen LogP contribution in [0.25, 0.3) is 0 Å². The van der Waals surface area contributed by atoms with Crippen molar-refractivity contribution < 1.29 is 8.42 Å². The molecule has 0 radical (unpaired) electrons. The number of nitrogens with two attached hydrogens (primary N) is 1. The van der Waals surface area contributed by atoms with Gasteiger partial charge in [0.2, 0.25) is 10.0 Å². The van der Waals surface area contributed by atoms with Gasteiger partial charge in [0.25, 0.3) is 0 Å². The monoisotopic (exact) mass is 382 g/mol. The highest BCUT2D eigenvalue weighted by Gasteiger charge is 2.06. The highest BCUT2D eigenvalue weighted by molar-refractivity contribution is 7.89. The van der Waals surface area contributed by atoms with E-state index in [1.807, 2.05) is 0 Å². The molecule has 0 aliphatic heterocycles. The molecule has 6 nitrogen and oxygen atoms in total. The maximum absolute atomic E-state index is 11.2. The molecule has 0 spiro atoms. The fourth-order valence-electron chi connectivity index (χ4n) is 2.63. The van der Waals surface area contributed by atoms with Crippen LogP contribution in [0, 0.1) is 5.92 Å². The highest BCUT2D eigenvalue weighted by Crippen LogP contribution is 2.09. The van der Waals surface area contributed by atoms with Crippen molar-refractivity contribution in [3.63, 3.8) is 0 Å². The zero-order chi connectivity index (χ0) is 19.4. The van der Waals surface area contributed by atoms with Crippen molar-refractivity contribution in [2.45, 2.75) is 57.3 Å². The van der Waals surface area contributed by atoms with E-state index in [2.05, 4.69) is 29.5 Å². The number of unbranched alkanes of at least 4 members (excludes halogenated alkanes) is 3. The van der Waals surface area contributed by atoms with Gasteiger partial charge in [0, 0.05) is 20.1 Å². The van der Waals surface area contributed by atoms with E-state index in [4.69, 9.17) is 5.14 Å². The van der Waals surface area contributed by atoms with Gasteiger partial charge in [-0.15, -0.1) is 0 Å². The molecule has 0 saturated carbocycles. The zero-order valence-corrected chi connectivity index (χ0v) is 17.1. The summed E-state index contributed by atoms with van der Waals surface area (Å²) in [5.41, 5.74) is 1.05. The molecular weight excluding hydrogens is 348 g/mol. The van der Waals surface area contributed by atoms with Crippen LogP contribution in [0.1, 0.15) is 51.5 Å². The van der Waals surface area contributed by atoms with Crippen LogP contribution in [0.3, 0.4) is 0 Å². The second kappa shape index (κ2) is 11.9. The van der Waals surface area contributed by atoms with Crippen LogP contribution in [0.2, 0.25) is 0 Å². The van der Waals surface area contributed by atoms with Crippen LogP contribution >= 0.6 is 0 Å². The lowest BCUT2D eigenvalue weighted by molar-refractivity contribution is 0.518. The van der Waals surface area contributed by atoms with E-state index >= 15 is 0 Å². The molecule has 0 atom stereocenters. The van der Waals surface area contributed by atoms with Crippen LogP contribution in [-0.2, 0) is 16.4 Å². The Bertz CT molecular complexity index is 640. The summed E-state index contributed by atoms with van der Waals surface area (Å²) in [5.74, 6) is 1.60. The van der Waals surface area contributed by atoms with Crippen molar-refractivity contribution in [1.29, 1.82) is 0 Å². The Hall–Kier alpha value is -1.60. The second-order valence-electron chi connectivity index (χ2n) is 6.96. The van der Waals surface area contributed by atoms with Crippen LogP contribution in [-0.4, -0.2) is 34.5 Å². The number of aliphatic imine (C=N–C) groups is 1. The lowest BCUT2D eigenvalue weighted by atomic mass is 10.0. The average molecular weight is 383 g/mol. The molecule has 0 fully saturated rings. The Morgan fingerprint density at radius 2 is 1.65 bits per heavy atom. The number of primary sulfonamides is 1. The van der Waals surface area contributed by atoms with E-state index < -0.39 is 10.0 Å². The number of nitrogens with zero attached hydrogens (tertiary/aromatic N) is 1. The first-order valence-electron chi connectivity index (χ1n) is 9.39. The largest absolute Gasteiger partial charge is 0.356 e. The topological polar surface area (TPSA) is 96.6 Å². The van der Waals surface area contributed by atoms with E-state index in [1.54, 1.807) is 19.2 Å². The number of benzene rings is 1. The molecule has 1 aromatic rings. The molecule has 0 bridgehead atoms. The van der Waals surface area contributed by atoms with Crippen molar-refractivity contribution in [3.05, 3.63) is 29.8 Å². The molecule has 1 rings (SSSR count). The second-order valence-corrected chi connectivity index (χ2v) is 8.52. The smallest absolute Gasteiger partial charge is 0.238 e. The Morgan fingerprint density at radius 3 is 2.23 bits per heavy atom. The van der Waals surface area contributed by atoms with E-state index in [0.29, 0.717) is 0 Å². The molecule has 0 heterocycles. The van der Waals surface area contributed by atoms with Gasteiger partial charge < -0.3 is 10.6 Å². The summed E-state index contributed by atoms with van der Waals surface area (Å²) in [5, 5.41) is 11.7. The third kappa shape index (κ3) is 9.77. The molecule has 0 aliphatic rings. The predicted molar refractivity (Wildman–Crippen MR) is 109 cm³/mol. The summed E-state index contributed by atoms with van der Waals surface area (Å²) in [7, 11) is -1.86. The van der Waals surface area contributed by atoms with Crippen molar-refractivity contribution in [1.82, 2.24) is 10.6 Å². The number of rotatable bonds is 11. The SMILES string of the molecule is CN=C(NCCCCCCC(C)C)NCCc1ccc(S(N)(=O)=O)cc1. The van der Waals surface area contributed by atoms with Gasteiger partial charge in [0.1, 0.15) is 0 Å². The lowest BCUT2D eigenvalue weighted by Crippen LogP contribution is -2.38. The molecule has 0 aromatic heterocycles. The first kappa shape index (κ1) is 22.4. The van der Waals surface area contributed by atoms with Crippen LogP contribution in [0.4, 0.5) is 0 Å². The minimum Gasteiger partial charge on any atom is -0.356 e. The number of nitrogens with one attached hydrogen (secondary N) is 2. The van der Waals surface area contributed by atoms with Crippen LogP contribution in [0.5, 0.6) is 0 Å². The molecule has 26 heavy (non-hydrogen) atoms. The normalized spacial score (nSPS) is 12.4. The van der Waals surface area contributed by atoms with E-state index in [9.17, 15) is 8.42 Å². The highest BCUT2D eigenvalue weighted by atomic mass is 32.2. The summed E-state index contributed by atoms with van der Waals surface area (Å²) in [6.07, 6.45) is 7.09. The maximum atomic E-state index is 11.2. The van der Waals surface area contributed by atoms with Gasteiger partial charge in [-0.1, -0.05) is 51.7 Å². The summed E-state index contributed by atoms with van der Waals surface area (Å²) < 4.78 is 22.5. The first-order valence-corrected chi connectivity index (χ1v) is 10.9. The molecule has 7 heteroatoms. The Kier molecular flexibility index (Phi) is 10.3. The Labute approximate surface area is 158 Å². The molecule has 0 amide bonds. The molecule has 0 saturated heterocycles. The van der Waals surface area contributed by atoms with Crippen molar-refractivity contribution >= 4 is 16.0 Å². The van der Waals surface area contributed by atoms with Gasteiger partial charge in [0.15, 0.2) is 5.96 Å². The van der Waals surface area contributed by atoms with Gasteiger partial charge >= 0.3 is 0 Å². The number of guanidine groups is 1. The third-order valence-corrected chi connectivity index (χ3v) is 5.11. The number of hydrogen-bond acceptors (Lipinski definition) is 3. The molecule has 1 aromatic carbocycles. The summed E-state index contributed by atoms with van der Waals surface area (Å²) in [6.45, 7) is 6.19. The first-order chi connectivity index (χ1) is 12.3. The van der Waals surface area contributed by atoms with Gasteiger partial charge in [-0.3, -0.25) is 4.99 Å². The molecule has 0 aliphatic carbocycles. The maximum Gasteiger partial charge on any atom is 0.238 e. The Morgan fingerprint density at radius 1 is 1.04 bits per heavy atom. The van der Waals surface area contributed by atoms with Gasteiger partial charge in [-0.25, -0.2) is 13.6 Å². The van der Waals surface area contributed by atoms with Crippen LogP contribution in [0.15, 0.2) is 34.2 Å². The standard InChI is InChI=1S/C19H34N4O2S/c1-16(2)8-6-4-5-7-14-22-19(21-3)23-15-13-17-9-11-18(12-10-17)26(20,24)25/h9-12,16H,4-8,13-15H2,1-3H3,(H2,20,24,25)(H2,21,22,23). The molecular formula is C19H34N4O2S. The van der Waals surface area contributed by atoms with E-state index in [0.717, 1.165) is 43.4 Å². The fraction of sp³-hybridized carbons (Fsp3) is 0.632. The van der Waals surface area contributed by atoms with Crippen molar-refractivity contribution in [2.75, 3.05) is 20.1 Å². The Balaban J connectivity index is 2.20. The summed E-state index contributed by atoms with van der Waals surface area (Å²) in [4.78, 5) is 4.36. The number of sulfonamides is 1. The minimum atomic E-state index is -3.63. The van der Waals surface area contributed by atoms with E-state index in [1.165, 1.54) is 37.8 Å². The van der Waals surface area contributed by atoms with Gasteiger partial charge in [-0.05, 0) is 36.5 Å². The quantitative estimate of drug-likeness (QED) is 0.311. The van der Waals surface area contributed by atoms with Gasteiger partial charge in [0.05, 0.1) is 4.90 Å². The van der Waals surface area contributed by atoms with Gasteiger partial charge in [-0.2, -0.15) is 0 Å². The van der Waals surface area contributed by atoms with Crippen molar-refractivity contribution in [2.24, 2.45) is 16.0 Å². The molecule has 0 unspecified atom stereocenters. The van der Waals surface area contributed by atoms with Crippen molar-refractivity contribution in [3.8, 4) is 0 Å². The van der Waals surface area contributed by atoms with Crippen LogP contribution < -0.4 is 15.8 Å². The zero-order valence-electron chi connectivity index (χ0n) is 16.3. The predicted octanol–water partition coefficient (Wildman–Crippen LogP) is 2.65. The molecule has 148 valence electrons. The summed E-state index contributed by atoms with van der Waals surface area (Å²) >= 11 is 0.